The van der Waals surface area contributed by atoms with E-state index in [1.165, 1.54) is 6.42 Å². The lowest BCUT2D eigenvalue weighted by molar-refractivity contribution is 0.371. The molecule has 6 heteroatoms. The van der Waals surface area contributed by atoms with Gasteiger partial charge in [-0.2, -0.15) is 9.97 Å². The van der Waals surface area contributed by atoms with Crippen molar-refractivity contribution in [3.63, 3.8) is 0 Å². The van der Waals surface area contributed by atoms with Crippen molar-refractivity contribution in [1.29, 1.82) is 0 Å². The van der Waals surface area contributed by atoms with Gasteiger partial charge in [-0.25, -0.2) is 0 Å². The van der Waals surface area contributed by atoms with E-state index in [4.69, 9.17) is 9.47 Å². The zero-order valence-corrected chi connectivity index (χ0v) is 10.7. The molecule has 1 aromatic heterocycles. The average molecular weight is 250 g/mol. The van der Waals surface area contributed by atoms with Crippen molar-refractivity contribution >= 4 is 5.95 Å². The van der Waals surface area contributed by atoms with Gasteiger partial charge < -0.3 is 19.7 Å². The number of methoxy groups -OCH3 is 2. The third-order valence-electron chi connectivity index (χ3n) is 3.79. The van der Waals surface area contributed by atoms with E-state index >= 15 is 0 Å². The fraction of sp³-hybridized carbons (Fsp3) is 0.667. The fourth-order valence-corrected chi connectivity index (χ4v) is 2.83. The molecule has 0 radical (unpaired) electrons. The summed E-state index contributed by atoms with van der Waals surface area (Å²) in [6.07, 6.45) is 1.19. The van der Waals surface area contributed by atoms with Crippen LogP contribution in [0.25, 0.3) is 0 Å². The summed E-state index contributed by atoms with van der Waals surface area (Å²) in [6, 6.07) is 2.20. The van der Waals surface area contributed by atoms with Gasteiger partial charge in [0, 0.05) is 25.7 Å². The minimum Gasteiger partial charge on any atom is -0.481 e. The smallest absolute Gasteiger partial charge is 0.232 e. The molecule has 2 aliphatic rings. The second kappa shape index (κ2) is 4.61. The molecule has 0 saturated carbocycles. The lowest BCUT2D eigenvalue weighted by Crippen LogP contribution is -2.35. The summed E-state index contributed by atoms with van der Waals surface area (Å²) in [5.74, 6) is 2.52. The molecular formula is C12H18N4O2. The van der Waals surface area contributed by atoms with Gasteiger partial charge in [0.1, 0.15) is 0 Å². The molecule has 3 rings (SSSR count). The van der Waals surface area contributed by atoms with Crippen molar-refractivity contribution < 1.29 is 9.47 Å². The molecule has 6 nitrogen and oxygen atoms in total. The Balaban J connectivity index is 1.91. The average Bonchev–Trinajstić information content (AvgIpc) is 3.00. The van der Waals surface area contributed by atoms with E-state index in [1.807, 2.05) is 0 Å². The van der Waals surface area contributed by atoms with Crippen molar-refractivity contribution in [2.75, 3.05) is 38.8 Å². The van der Waals surface area contributed by atoms with Gasteiger partial charge in [0.05, 0.1) is 20.3 Å². The number of rotatable bonds is 3. The summed E-state index contributed by atoms with van der Waals surface area (Å²) in [4.78, 5) is 11.1. The SMILES string of the molecule is COc1cc(OC)nc(N2CC[C@H]3CNC[C@H]32)n1. The molecule has 2 fully saturated rings. The molecule has 0 spiro atoms. The third kappa shape index (κ3) is 1.86. The number of nitrogens with one attached hydrogen (secondary N) is 1. The molecule has 0 bridgehead atoms. The molecular weight excluding hydrogens is 232 g/mol. The van der Waals surface area contributed by atoms with Crippen LogP contribution in [0.2, 0.25) is 0 Å². The van der Waals surface area contributed by atoms with E-state index < -0.39 is 0 Å². The Labute approximate surface area is 106 Å². The summed E-state index contributed by atoms with van der Waals surface area (Å²) in [7, 11) is 3.21. The van der Waals surface area contributed by atoms with Gasteiger partial charge in [0.15, 0.2) is 0 Å². The second-order valence-corrected chi connectivity index (χ2v) is 4.72. The maximum Gasteiger partial charge on any atom is 0.232 e. The normalized spacial score (nSPS) is 26.2. The molecule has 0 aromatic carbocycles. The summed E-state index contributed by atoms with van der Waals surface area (Å²) >= 11 is 0. The predicted molar refractivity (Wildman–Crippen MR) is 67.2 cm³/mol. The molecule has 1 aromatic rings. The first-order valence-corrected chi connectivity index (χ1v) is 6.26. The van der Waals surface area contributed by atoms with E-state index in [0.717, 1.165) is 19.6 Å². The Kier molecular flexibility index (Phi) is 2.95. The highest BCUT2D eigenvalue weighted by Crippen LogP contribution is 2.31. The monoisotopic (exact) mass is 250 g/mol. The van der Waals surface area contributed by atoms with Crippen molar-refractivity contribution in [3.05, 3.63) is 6.07 Å². The predicted octanol–water partition coefficient (Wildman–Crippen LogP) is 0.292. The molecule has 3 heterocycles. The fourth-order valence-electron chi connectivity index (χ4n) is 2.83. The molecule has 98 valence electrons. The molecule has 2 saturated heterocycles. The van der Waals surface area contributed by atoms with Crippen LogP contribution in [0, 0.1) is 5.92 Å². The van der Waals surface area contributed by atoms with Gasteiger partial charge in [0.25, 0.3) is 0 Å². The molecule has 1 N–H and O–H groups in total. The first kappa shape index (κ1) is 11.5. The largest absolute Gasteiger partial charge is 0.481 e. The van der Waals surface area contributed by atoms with Gasteiger partial charge in [-0.15, -0.1) is 0 Å². The number of hydrogen-bond acceptors (Lipinski definition) is 6. The van der Waals surface area contributed by atoms with Crippen molar-refractivity contribution in [2.45, 2.75) is 12.5 Å². The maximum absolute atomic E-state index is 5.19. The molecule has 0 amide bonds. The van der Waals surface area contributed by atoms with Crippen LogP contribution in [-0.4, -0.2) is 49.9 Å². The molecule has 0 aliphatic carbocycles. The van der Waals surface area contributed by atoms with E-state index in [-0.39, 0.29) is 0 Å². The Morgan fingerprint density at radius 2 is 1.94 bits per heavy atom. The first-order chi connectivity index (χ1) is 8.81. The Bertz CT molecular complexity index is 418. The second-order valence-electron chi connectivity index (χ2n) is 4.72. The molecule has 18 heavy (non-hydrogen) atoms. The Morgan fingerprint density at radius 3 is 2.61 bits per heavy atom. The van der Waals surface area contributed by atoms with Crippen LogP contribution < -0.4 is 19.7 Å². The van der Waals surface area contributed by atoms with Crippen LogP contribution in [0.3, 0.4) is 0 Å². The van der Waals surface area contributed by atoms with Gasteiger partial charge in [-0.3, -0.25) is 0 Å². The number of hydrogen-bond donors (Lipinski definition) is 1. The number of aromatic nitrogens is 2. The number of ether oxygens (including phenoxy) is 2. The number of anilines is 1. The maximum atomic E-state index is 5.19. The highest BCUT2D eigenvalue weighted by molar-refractivity contribution is 5.40. The lowest BCUT2D eigenvalue weighted by atomic mass is 10.1. The quantitative estimate of drug-likeness (QED) is 0.832. The number of fused-ring (bicyclic) bond motifs is 1. The van der Waals surface area contributed by atoms with Crippen LogP contribution in [0.4, 0.5) is 5.95 Å². The topological polar surface area (TPSA) is 59.5 Å². The Hall–Kier alpha value is -1.56. The Morgan fingerprint density at radius 1 is 1.22 bits per heavy atom. The summed E-state index contributed by atoms with van der Waals surface area (Å²) in [5.41, 5.74) is 0. The molecule has 2 atom stereocenters. The van der Waals surface area contributed by atoms with E-state index in [9.17, 15) is 0 Å². The van der Waals surface area contributed by atoms with Crippen LogP contribution in [0.15, 0.2) is 6.07 Å². The highest BCUT2D eigenvalue weighted by atomic mass is 16.5. The zero-order chi connectivity index (χ0) is 12.5. The minimum atomic E-state index is 0.502. The molecule has 0 unspecified atom stereocenters. The van der Waals surface area contributed by atoms with Crippen molar-refractivity contribution in [1.82, 2.24) is 15.3 Å². The van der Waals surface area contributed by atoms with Crippen LogP contribution in [0.1, 0.15) is 6.42 Å². The highest BCUT2D eigenvalue weighted by Gasteiger charge is 2.39. The first-order valence-electron chi connectivity index (χ1n) is 6.26. The summed E-state index contributed by atoms with van der Waals surface area (Å²) < 4.78 is 10.4. The minimum absolute atomic E-state index is 0.502. The van der Waals surface area contributed by atoms with Crippen LogP contribution in [0.5, 0.6) is 11.8 Å². The van der Waals surface area contributed by atoms with Gasteiger partial charge >= 0.3 is 0 Å². The lowest BCUT2D eigenvalue weighted by Gasteiger charge is -2.23. The van der Waals surface area contributed by atoms with E-state index in [2.05, 4.69) is 20.2 Å². The van der Waals surface area contributed by atoms with Gasteiger partial charge in [-0.05, 0) is 12.3 Å². The van der Waals surface area contributed by atoms with Crippen molar-refractivity contribution in [3.8, 4) is 11.8 Å². The number of nitrogens with zero attached hydrogens (tertiary/aromatic N) is 3. The van der Waals surface area contributed by atoms with E-state index in [0.29, 0.717) is 29.7 Å². The summed E-state index contributed by atoms with van der Waals surface area (Å²) in [5, 5.41) is 3.42. The molecule has 2 aliphatic heterocycles. The van der Waals surface area contributed by atoms with Crippen LogP contribution in [-0.2, 0) is 0 Å². The van der Waals surface area contributed by atoms with Crippen molar-refractivity contribution in [2.24, 2.45) is 5.92 Å². The van der Waals surface area contributed by atoms with E-state index in [1.54, 1.807) is 20.3 Å². The van der Waals surface area contributed by atoms with Gasteiger partial charge in [-0.1, -0.05) is 0 Å². The zero-order valence-electron chi connectivity index (χ0n) is 10.7. The third-order valence-corrected chi connectivity index (χ3v) is 3.79. The summed E-state index contributed by atoms with van der Waals surface area (Å²) in [6.45, 7) is 3.11. The van der Waals surface area contributed by atoms with Gasteiger partial charge in [0.2, 0.25) is 17.7 Å². The standard InChI is InChI=1S/C12H18N4O2/c1-17-10-5-11(18-2)15-12(14-10)16-4-3-8-6-13-7-9(8)16/h5,8-9,13H,3-4,6-7H2,1-2H3/t8-,9+/m0/s1. The van der Waals surface area contributed by atoms with Crippen LogP contribution >= 0.6 is 0 Å².